The highest BCUT2D eigenvalue weighted by Crippen LogP contribution is 2.25. The highest BCUT2D eigenvalue weighted by Gasteiger charge is 2.40. The zero-order valence-electron chi connectivity index (χ0n) is 18.0. The van der Waals surface area contributed by atoms with E-state index in [9.17, 15) is 22.8 Å². The fourth-order valence-corrected chi connectivity index (χ4v) is 3.66. The minimum absolute atomic E-state index is 0.0705. The molecule has 2 aromatic rings. The maximum atomic E-state index is 12.8. The average molecular weight is 461 g/mol. The number of benzene rings is 1. The molecule has 0 aliphatic carbocycles. The molecule has 1 fully saturated rings. The lowest BCUT2D eigenvalue weighted by atomic mass is 10.0. The van der Waals surface area contributed by atoms with Crippen LogP contribution in [-0.4, -0.2) is 75.3 Å². The Hall–Kier alpha value is -3.70. The van der Waals surface area contributed by atoms with Gasteiger partial charge in [-0.25, -0.2) is 24.6 Å². The largest absolute Gasteiger partial charge is 0.451 e. The minimum atomic E-state index is -4.63. The number of aryl methyl sites for hydroxylation is 1. The van der Waals surface area contributed by atoms with Gasteiger partial charge < -0.3 is 15.1 Å². The summed E-state index contributed by atoms with van der Waals surface area (Å²) in [6, 6.07) is 6.57. The predicted molar refractivity (Wildman–Crippen MR) is 112 cm³/mol. The third-order valence-electron chi connectivity index (χ3n) is 5.50. The van der Waals surface area contributed by atoms with Crippen molar-refractivity contribution < 1.29 is 22.8 Å². The highest BCUT2D eigenvalue weighted by molar-refractivity contribution is 6.08. The van der Waals surface area contributed by atoms with E-state index in [1.165, 1.54) is 5.01 Å². The number of nitrogens with zero attached hydrogens (tertiary/aromatic N) is 6. The molecule has 3 heterocycles. The topological polar surface area (TPSA) is 94.0 Å². The van der Waals surface area contributed by atoms with Crippen LogP contribution in [0.15, 0.2) is 41.8 Å². The van der Waals surface area contributed by atoms with Crippen molar-refractivity contribution in [3.8, 4) is 0 Å². The first-order valence-corrected chi connectivity index (χ1v) is 10.2. The van der Waals surface area contributed by atoms with Gasteiger partial charge in [-0.05, 0) is 12.5 Å². The number of carbonyl (C=O) groups excluding carboxylic acids is 2. The van der Waals surface area contributed by atoms with Gasteiger partial charge in [-0.2, -0.15) is 18.3 Å². The first-order chi connectivity index (χ1) is 15.6. The predicted octanol–water partition coefficient (Wildman–Crippen LogP) is 2.47. The number of urea groups is 2. The summed E-state index contributed by atoms with van der Waals surface area (Å²) in [6.45, 7) is 3.15. The Morgan fingerprint density at radius 3 is 2.39 bits per heavy atom. The molecule has 0 saturated carbocycles. The molecule has 12 heteroatoms. The van der Waals surface area contributed by atoms with Gasteiger partial charge in [0, 0.05) is 44.6 Å². The van der Waals surface area contributed by atoms with Crippen LogP contribution in [-0.2, 0) is 12.7 Å². The van der Waals surface area contributed by atoms with Crippen LogP contribution in [0.25, 0.3) is 0 Å². The lowest BCUT2D eigenvalue weighted by Crippen LogP contribution is -2.46. The summed E-state index contributed by atoms with van der Waals surface area (Å²) < 4.78 is 37.8. The number of rotatable bonds is 4. The van der Waals surface area contributed by atoms with E-state index in [-0.39, 0.29) is 19.1 Å². The molecule has 4 amide bonds. The van der Waals surface area contributed by atoms with E-state index >= 15 is 0 Å². The summed E-state index contributed by atoms with van der Waals surface area (Å²) in [4.78, 5) is 35.2. The zero-order chi connectivity index (χ0) is 23.8. The van der Waals surface area contributed by atoms with E-state index in [0.717, 1.165) is 23.5 Å². The summed E-state index contributed by atoms with van der Waals surface area (Å²) in [6.07, 6.45) is -2.60. The molecule has 33 heavy (non-hydrogen) atoms. The van der Waals surface area contributed by atoms with E-state index < -0.39 is 24.1 Å². The maximum absolute atomic E-state index is 12.8. The highest BCUT2D eigenvalue weighted by atomic mass is 19.4. The molecular weight excluding hydrogens is 439 g/mol. The van der Waals surface area contributed by atoms with Gasteiger partial charge >= 0.3 is 18.2 Å². The van der Waals surface area contributed by atoms with Gasteiger partial charge in [0.05, 0.1) is 18.3 Å². The second-order valence-corrected chi connectivity index (χ2v) is 7.92. The molecule has 4 rings (SSSR count). The smallest absolute Gasteiger partial charge is 0.332 e. The number of alkyl halides is 3. The van der Waals surface area contributed by atoms with E-state index in [1.807, 2.05) is 31.2 Å². The lowest BCUT2D eigenvalue weighted by Gasteiger charge is -2.25. The normalized spacial score (nSPS) is 18.7. The number of nitrogens with one attached hydrogen (secondary N) is 1. The number of likely N-dealkylation sites (N-methyl/N-ethyl adjacent to an activating group) is 1. The first-order valence-electron chi connectivity index (χ1n) is 10.2. The lowest BCUT2D eigenvalue weighted by molar-refractivity contribution is -0.145. The Morgan fingerprint density at radius 2 is 1.82 bits per heavy atom. The molecule has 0 spiro atoms. The number of hydrazone groups is 1. The zero-order valence-corrected chi connectivity index (χ0v) is 18.0. The van der Waals surface area contributed by atoms with Crippen molar-refractivity contribution in [2.75, 3.05) is 26.7 Å². The van der Waals surface area contributed by atoms with Crippen molar-refractivity contribution >= 4 is 17.8 Å². The van der Waals surface area contributed by atoms with Gasteiger partial charge in [-0.1, -0.05) is 29.8 Å². The molecule has 1 unspecified atom stereocenters. The SMILES string of the molecule is Cc1ccc(C2=NN(C(=O)NCc3cnc(C(F)(F)F)nc3)CC2N2CCN(C)C2=O)cc1. The van der Waals surface area contributed by atoms with Crippen molar-refractivity contribution in [2.45, 2.75) is 25.7 Å². The summed E-state index contributed by atoms with van der Waals surface area (Å²) in [5.74, 6) is -1.24. The summed E-state index contributed by atoms with van der Waals surface area (Å²) in [5, 5.41) is 8.33. The first kappa shape index (κ1) is 22.5. The van der Waals surface area contributed by atoms with Crippen molar-refractivity contribution in [3.05, 3.63) is 59.2 Å². The molecule has 1 saturated heterocycles. The van der Waals surface area contributed by atoms with Crippen LogP contribution in [0, 0.1) is 6.92 Å². The van der Waals surface area contributed by atoms with Gasteiger partial charge in [0.25, 0.3) is 0 Å². The Morgan fingerprint density at radius 1 is 1.15 bits per heavy atom. The molecule has 1 atom stereocenters. The van der Waals surface area contributed by atoms with Crippen molar-refractivity contribution in [3.63, 3.8) is 0 Å². The summed E-state index contributed by atoms with van der Waals surface area (Å²) in [7, 11) is 1.72. The Bertz CT molecular complexity index is 1070. The molecule has 2 aliphatic rings. The van der Waals surface area contributed by atoms with E-state index in [4.69, 9.17) is 0 Å². The summed E-state index contributed by atoms with van der Waals surface area (Å²) in [5.41, 5.74) is 2.79. The molecule has 1 aromatic carbocycles. The number of hydrogen-bond acceptors (Lipinski definition) is 5. The Labute approximate surface area is 187 Å². The standard InChI is InChI=1S/C21H22F3N7O2/c1-13-3-5-15(6-4-13)17-16(30-8-7-29(2)20(30)33)12-31(28-17)19(32)27-11-14-9-25-18(26-10-14)21(22,23)24/h3-6,9-10,16H,7-8,11-12H2,1-2H3,(H,27,32). The van der Waals surface area contributed by atoms with Gasteiger partial charge in [0.2, 0.25) is 5.82 Å². The second-order valence-electron chi connectivity index (χ2n) is 7.92. The van der Waals surface area contributed by atoms with E-state index in [1.54, 1.807) is 16.8 Å². The number of carbonyl (C=O) groups is 2. The molecule has 9 nitrogen and oxygen atoms in total. The number of hydrogen-bond donors (Lipinski definition) is 1. The number of halogens is 3. The van der Waals surface area contributed by atoms with Crippen LogP contribution >= 0.6 is 0 Å². The van der Waals surface area contributed by atoms with Gasteiger partial charge in [-0.3, -0.25) is 0 Å². The monoisotopic (exact) mass is 461 g/mol. The second kappa shape index (κ2) is 8.68. The van der Waals surface area contributed by atoms with Crippen LogP contribution in [0.5, 0.6) is 0 Å². The third-order valence-corrected chi connectivity index (χ3v) is 5.50. The Balaban J connectivity index is 1.49. The third kappa shape index (κ3) is 4.73. The molecule has 174 valence electrons. The van der Waals surface area contributed by atoms with Gasteiger partial charge in [0.1, 0.15) is 0 Å². The molecule has 2 aliphatic heterocycles. The van der Waals surface area contributed by atoms with Gasteiger partial charge in [-0.15, -0.1) is 0 Å². The average Bonchev–Trinajstić information content (AvgIpc) is 3.36. The Kier molecular flexibility index (Phi) is 5.91. The molecular formula is C21H22F3N7O2. The van der Waals surface area contributed by atoms with Crippen LogP contribution in [0.1, 0.15) is 22.5 Å². The molecule has 0 bridgehead atoms. The van der Waals surface area contributed by atoms with Crippen LogP contribution in [0.4, 0.5) is 22.8 Å². The van der Waals surface area contributed by atoms with Crippen molar-refractivity contribution in [1.29, 1.82) is 0 Å². The summed E-state index contributed by atoms with van der Waals surface area (Å²) >= 11 is 0. The van der Waals surface area contributed by atoms with E-state index in [2.05, 4.69) is 20.4 Å². The maximum Gasteiger partial charge on any atom is 0.451 e. The van der Waals surface area contributed by atoms with E-state index in [0.29, 0.717) is 24.4 Å². The number of aromatic nitrogens is 2. The van der Waals surface area contributed by atoms with Crippen LogP contribution < -0.4 is 5.32 Å². The van der Waals surface area contributed by atoms with Crippen molar-refractivity contribution in [1.82, 2.24) is 30.1 Å². The van der Waals surface area contributed by atoms with Crippen LogP contribution in [0.2, 0.25) is 0 Å². The minimum Gasteiger partial charge on any atom is -0.332 e. The molecule has 0 radical (unpaired) electrons. The van der Waals surface area contributed by atoms with Gasteiger partial charge in [0.15, 0.2) is 0 Å². The fourth-order valence-electron chi connectivity index (χ4n) is 3.66. The number of amides is 4. The quantitative estimate of drug-likeness (QED) is 0.757. The van der Waals surface area contributed by atoms with Crippen molar-refractivity contribution in [2.24, 2.45) is 5.10 Å². The fraction of sp³-hybridized carbons (Fsp3) is 0.381. The van der Waals surface area contributed by atoms with Crippen LogP contribution in [0.3, 0.4) is 0 Å². The molecule has 1 N–H and O–H groups in total. The molecule has 1 aromatic heterocycles.